The molecule has 0 spiro atoms. The highest BCUT2D eigenvalue weighted by Crippen LogP contribution is 2.42. The van der Waals surface area contributed by atoms with Gasteiger partial charge >= 0.3 is 0 Å². The molecule has 6 heteroatoms. The van der Waals surface area contributed by atoms with Crippen molar-refractivity contribution in [2.75, 3.05) is 0 Å². The van der Waals surface area contributed by atoms with Gasteiger partial charge in [-0.2, -0.15) is 0 Å². The van der Waals surface area contributed by atoms with Gasteiger partial charge in [0, 0.05) is 66.4 Å². The van der Waals surface area contributed by atoms with Crippen LogP contribution in [0.4, 0.5) is 0 Å². The molecule has 0 saturated carbocycles. The van der Waals surface area contributed by atoms with E-state index < -0.39 is 0 Å². The van der Waals surface area contributed by atoms with Gasteiger partial charge < -0.3 is 13.6 Å². The molecular weight excluding hydrogens is 759 g/mol. The van der Waals surface area contributed by atoms with Crippen molar-refractivity contribution in [3.63, 3.8) is 0 Å². The van der Waals surface area contributed by atoms with E-state index in [1.165, 1.54) is 16.2 Å². The van der Waals surface area contributed by atoms with Gasteiger partial charge in [-0.1, -0.05) is 133 Å². The molecule has 6 nitrogen and oxygen atoms in total. The van der Waals surface area contributed by atoms with Gasteiger partial charge in [0.2, 0.25) is 0 Å². The van der Waals surface area contributed by atoms with E-state index >= 15 is 0 Å². The van der Waals surface area contributed by atoms with Crippen LogP contribution >= 0.6 is 0 Å². The highest BCUT2D eigenvalue weighted by molar-refractivity contribution is 6.17. The second kappa shape index (κ2) is 13.5. The summed E-state index contributed by atoms with van der Waals surface area (Å²) in [4.78, 5) is 0. The van der Waals surface area contributed by atoms with E-state index in [1.54, 1.807) is 0 Å². The highest BCUT2D eigenvalue weighted by atomic mass is 16.3. The van der Waals surface area contributed by atoms with E-state index in [-0.39, 0.29) is 0 Å². The first kappa shape index (κ1) is 34.4. The maximum atomic E-state index is 6.44. The Morgan fingerprint density at radius 3 is 1.71 bits per heavy atom. The molecular formula is C56H35N5O. The third-order valence-corrected chi connectivity index (χ3v) is 12.4. The van der Waals surface area contributed by atoms with Crippen molar-refractivity contribution in [1.82, 2.24) is 23.9 Å². The Kier molecular flexibility index (Phi) is 7.50. The molecule has 0 amide bonds. The number of hydrogen-bond acceptors (Lipinski definition) is 3. The number of nitrogens with zero attached hydrogens (tertiary/aromatic N) is 5. The molecule has 0 N–H and O–H groups in total. The van der Waals surface area contributed by atoms with Crippen LogP contribution in [-0.2, 0) is 0 Å². The molecule has 0 aliphatic rings. The van der Waals surface area contributed by atoms with Gasteiger partial charge in [-0.05, 0) is 78.4 Å². The number of furan rings is 1. The number of hydrogen-bond donors (Lipinski definition) is 0. The zero-order valence-electron chi connectivity index (χ0n) is 33.4. The zero-order chi connectivity index (χ0) is 40.7. The van der Waals surface area contributed by atoms with E-state index in [1.807, 2.05) is 36.4 Å². The predicted octanol–water partition coefficient (Wildman–Crippen LogP) is 14.4. The summed E-state index contributed by atoms with van der Waals surface area (Å²) in [6.45, 7) is 0. The smallest absolute Gasteiger partial charge is 0.168 e. The third kappa shape index (κ3) is 5.17. The average molecular weight is 794 g/mol. The molecule has 9 aromatic carbocycles. The molecule has 0 atom stereocenters. The van der Waals surface area contributed by atoms with Gasteiger partial charge in [0.1, 0.15) is 11.2 Å². The Hall–Kier alpha value is -8.48. The fraction of sp³-hybridized carbons (Fsp3) is 0. The monoisotopic (exact) mass is 793 g/mol. The van der Waals surface area contributed by atoms with Crippen molar-refractivity contribution >= 4 is 65.6 Å². The van der Waals surface area contributed by atoms with E-state index in [0.717, 1.165) is 100 Å². The second-order valence-corrected chi connectivity index (χ2v) is 15.9. The van der Waals surface area contributed by atoms with Crippen molar-refractivity contribution in [3.8, 4) is 51.0 Å². The Balaban J connectivity index is 0.976. The SMILES string of the molecule is c1ccc(-c2nnc(-c3ccc4c(c3)c3ccccc3n4-c3cccc(-c4ccccc4-n4c5ccccc5c5cc6c(cc54)oc4ccccc46)c3)n2-c2ccccc2)cc1. The van der Waals surface area contributed by atoms with Crippen LogP contribution in [0.1, 0.15) is 0 Å². The number of rotatable bonds is 6. The quantitative estimate of drug-likeness (QED) is 0.168. The van der Waals surface area contributed by atoms with Crippen LogP contribution in [0.3, 0.4) is 0 Å². The van der Waals surface area contributed by atoms with Crippen molar-refractivity contribution in [3.05, 3.63) is 212 Å². The van der Waals surface area contributed by atoms with Gasteiger partial charge in [0.25, 0.3) is 0 Å². The molecule has 0 bridgehead atoms. The summed E-state index contributed by atoms with van der Waals surface area (Å²) in [5.74, 6) is 1.59. The minimum Gasteiger partial charge on any atom is -0.456 e. The highest BCUT2D eigenvalue weighted by Gasteiger charge is 2.22. The van der Waals surface area contributed by atoms with Crippen LogP contribution in [-0.4, -0.2) is 23.9 Å². The van der Waals surface area contributed by atoms with Crippen molar-refractivity contribution < 1.29 is 4.42 Å². The van der Waals surface area contributed by atoms with E-state index in [9.17, 15) is 0 Å². The lowest BCUT2D eigenvalue weighted by atomic mass is 10.0. The van der Waals surface area contributed by atoms with Gasteiger partial charge in [-0.3, -0.25) is 4.57 Å². The fourth-order valence-electron chi connectivity index (χ4n) is 9.63. The number of aromatic nitrogens is 5. The van der Waals surface area contributed by atoms with Crippen LogP contribution in [0.15, 0.2) is 217 Å². The van der Waals surface area contributed by atoms with Crippen LogP contribution in [0.2, 0.25) is 0 Å². The lowest BCUT2D eigenvalue weighted by molar-refractivity contribution is 0.669. The normalized spacial score (nSPS) is 11.9. The van der Waals surface area contributed by atoms with E-state index in [0.29, 0.717) is 0 Å². The van der Waals surface area contributed by atoms with E-state index in [2.05, 4.69) is 190 Å². The lowest BCUT2D eigenvalue weighted by Crippen LogP contribution is -2.00. The molecule has 0 aliphatic carbocycles. The first-order valence-corrected chi connectivity index (χ1v) is 20.9. The lowest BCUT2D eigenvalue weighted by Gasteiger charge is -2.16. The molecule has 4 heterocycles. The largest absolute Gasteiger partial charge is 0.456 e. The summed E-state index contributed by atoms with van der Waals surface area (Å²) in [5, 5.41) is 16.6. The van der Waals surface area contributed by atoms with Gasteiger partial charge in [0.05, 0.1) is 27.8 Å². The zero-order valence-corrected chi connectivity index (χ0v) is 33.4. The molecule has 0 radical (unpaired) electrons. The summed E-state index contributed by atoms with van der Waals surface area (Å²) in [6, 6.07) is 75.2. The predicted molar refractivity (Wildman–Crippen MR) is 254 cm³/mol. The van der Waals surface area contributed by atoms with Crippen LogP contribution in [0, 0.1) is 0 Å². The van der Waals surface area contributed by atoms with Crippen molar-refractivity contribution in [2.45, 2.75) is 0 Å². The van der Waals surface area contributed by atoms with Crippen LogP contribution in [0.5, 0.6) is 0 Å². The Labute approximate surface area is 355 Å². The number of benzene rings is 9. The third-order valence-electron chi connectivity index (χ3n) is 12.4. The fourth-order valence-corrected chi connectivity index (χ4v) is 9.63. The van der Waals surface area contributed by atoms with Crippen LogP contribution in [0.25, 0.3) is 117 Å². The maximum absolute atomic E-state index is 6.44. The minimum atomic E-state index is 0.790. The molecule has 13 aromatic rings. The van der Waals surface area contributed by atoms with Gasteiger partial charge in [-0.25, -0.2) is 0 Å². The molecule has 0 unspecified atom stereocenters. The first-order valence-electron chi connectivity index (χ1n) is 20.9. The van der Waals surface area contributed by atoms with E-state index in [4.69, 9.17) is 14.6 Å². The van der Waals surface area contributed by atoms with Gasteiger partial charge in [0.15, 0.2) is 11.6 Å². The molecule has 13 rings (SSSR count). The van der Waals surface area contributed by atoms with Crippen molar-refractivity contribution in [1.29, 1.82) is 0 Å². The summed E-state index contributed by atoms with van der Waals surface area (Å²) >= 11 is 0. The number of fused-ring (bicyclic) bond motifs is 9. The second-order valence-electron chi connectivity index (χ2n) is 15.9. The maximum Gasteiger partial charge on any atom is 0.168 e. The van der Waals surface area contributed by atoms with Crippen molar-refractivity contribution in [2.24, 2.45) is 0 Å². The Morgan fingerprint density at radius 1 is 0.306 bits per heavy atom. The Morgan fingerprint density at radius 2 is 0.903 bits per heavy atom. The summed E-state index contributed by atoms with van der Waals surface area (Å²) < 4.78 is 13.4. The van der Waals surface area contributed by atoms with Gasteiger partial charge in [-0.15, -0.1) is 10.2 Å². The van der Waals surface area contributed by atoms with Crippen LogP contribution < -0.4 is 0 Å². The Bertz CT molecular complexity index is 3870. The molecule has 4 aromatic heterocycles. The number of para-hydroxylation sites is 5. The molecule has 0 fully saturated rings. The summed E-state index contributed by atoms with van der Waals surface area (Å²) in [5.41, 5.74) is 13.8. The minimum absolute atomic E-state index is 0.790. The molecule has 0 aliphatic heterocycles. The average Bonchev–Trinajstić information content (AvgIpc) is 4.11. The molecule has 290 valence electrons. The topological polar surface area (TPSA) is 53.7 Å². The first-order chi connectivity index (χ1) is 30.8. The summed E-state index contributed by atoms with van der Waals surface area (Å²) in [7, 11) is 0. The summed E-state index contributed by atoms with van der Waals surface area (Å²) in [6.07, 6.45) is 0. The molecule has 62 heavy (non-hydrogen) atoms. The molecule has 0 saturated heterocycles. The standard InChI is InChI=1S/C56H35N5O/c1-3-16-36(17-4-1)55-57-58-56(60(55)39-19-5-2-6-20-39)38-30-31-51-45(33-38)42-23-8-12-27-49(42)59(51)40-21-15-18-37(32-40)41-22-7-11-26-48(41)61-50-28-13-9-24-43(50)46-34-47-44-25-10-14-29-53(44)62-54(47)35-52(46)61/h1-35H.